The molecule has 0 spiro atoms. The first-order valence-corrected chi connectivity index (χ1v) is 5.48. The van der Waals surface area contributed by atoms with Crippen molar-refractivity contribution in [3.63, 3.8) is 0 Å². The van der Waals surface area contributed by atoms with Gasteiger partial charge in [-0.25, -0.2) is 9.97 Å². The summed E-state index contributed by atoms with van der Waals surface area (Å²) in [6.07, 6.45) is 0.992. The Morgan fingerprint density at radius 1 is 1.38 bits per heavy atom. The molecule has 90 valence electrons. The summed E-state index contributed by atoms with van der Waals surface area (Å²) in [6, 6.07) is 2.18. The van der Waals surface area contributed by atoms with Gasteiger partial charge in [-0.05, 0) is 13.3 Å². The van der Waals surface area contributed by atoms with Crippen molar-refractivity contribution in [1.29, 1.82) is 0 Å². The van der Waals surface area contributed by atoms with E-state index in [0.717, 1.165) is 23.9 Å². The van der Waals surface area contributed by atoms with Crippen LogP contribution in [0, 0.1) is 6.92 Å². The lowest BCUT2D eigenvalue weighted by Gasteiger charge is -2.17. The van der Waals surface area contributed by atoms with Gasteiger partial charge in [0.05, 0.1) is 12.6 Å². The van der Waals surface area contributed by atoms with Gasteiger partial charge in [-0.2, -0.15) is 0 Å². The van der Waals surface area contributed by atoms with Crippen LogP contribution in [0.15, 0.2) is 6.07 Å². The molecule has 0 saturated carbocycles. The van der Waals surface area contributed by atoms with Gasteiger partial charge < -0.3 is 15.4 Å². The van der Waals surface area contributed by atoms with Crippen molar-refractivity contribution in [1.82, 2.24) is 9.97 Å². The second-order valence-electron chi connectivity index (χ2n) is 3.64. The van der Waals surface area contributed by atoms with Gasteiger partial charge in [-0.1, -0.05) is 6.92 Å². The molecular weight excluding hydrogens is 204 g/mol. The normalized spacial score (nSPS) is 12.2. The minimum absolute atomic E-state index is 0.281. The molecule has 1 rings (SSSR count). The number of methoxy groups -OCH3 is 1. The van der Waals surface area contributed by atoms with E-state index in [9.17, 15) is 0 Å². The van der Waals surface area contributed by atoms with E-state index in [1.54, 1.807) is 7.11 Å². The number of nitrogens with zero attached hydrogens (tertiary/aromatic N) is 2. The lowest BCUT2D eigenvalue weighted by Crippen LogP contribution is -2.24. The Balaban J connectivity index is 2.74. The van der Waals surface area contributed by atoms with Crippen LogP contribution < -0.4 is 10.6 Å². The third-order valence-corrected chi connectivity index (χ3v) is 2.31. The van der Waals surface area contributed by atoms with Crippen LogP contribution in [0.3, 0.4) is 0 Å². The maximum atomic E-state index is 5.13. The predicted molar refractivity (Wildman–Crippen MR) is 65.9 cm³/mol. The smallest absolute Gasteiger partial charge is 0.132 e. The number of aromatic nitrogens is 2. The summed E-state index contributed by atoms with van der Waals surface area (Å²) in [4.78, 5) is 8.57. The number of aryl methyl sites for hydroxylation is 1. The van der Waals surface area contributed by atoms with Crippen LogP contribution in [0.25, 0.3) is 0 Å². The average molecular weight is 224 g/mol. The first kappa shape index (κ1) is 12.7. The van der Waals surface area contributed by atoms with Crippen molar-refractivity contribution in [3.8, 4) is 0 Å². The molecule has 1 heterocycles. The average Bonchev–Trinajstić information content (AvgIpc) is 2.27. The Hall–Kier alpha value is -1.36. The lowest BCUT2D eigenvalue weighted by molar-refractivity contribution is 0.184. The van der Waals surface area contributed by atoms with Crippen molar-refractivity contribution < 1.29 is 4.74 Å². The van der Waals surface area contributed by atoms with Gasteiger partial charge >= 0.3 is 0 Å². The van der Waals surface area contributed by atoms with Crippen molar-refractivity contribution in [2.75, 3.05) is 31.4 Å². The van der Waals surface area contributed by atoms with Crippen LogP contribution in [-0.4, -0.2) is 36.8 Å². The third-order valence-electron chi connectivity index (χ3n) is 2.31. The van der Waals surface area contributed by atoms with Crippen LogP contribution in [0.5, 0.6) is 0 Å². The van der Waals surface area contributed by atoms with E-state index < -0.39 is 0 Å². The molecule has 5 nitrogen and oxygen atoms in total. The topological polar surface area (TPSA) is 59.1 Å². The molecule has 0 bridgehead atoms. The molecule has 0 fully saturated rings. The van der Waals surface area contributed by atoms with Gasteiger partial charge in [0, 0.05) is 20.2 Å². The number of rotatable bonds is 6. The lowest BCUT2D eigenvalue weighted by atomic mass is 10.2. The number of hydrogen-bond donors (Lipinski definition) is 2. The standard InChI is InChI=1S/C11H20N4O/c1-5-9(7-16-4)15-11-6-10(12-3)13-8(2)14-11/h6,9H,5,7H2,1-4H3,(H2,12,13,14,15). The van der Waals surface area contributed by atoms with Crippen molar-refractivity contribution >= 4 is 11.6 Å². The van der Waals surface area contributed by atoms with Gasteiger partial charge in [0.2, 0.25) is 0 Å². The predicted octanol–water partition coefficient (Wildman–Crippen LogP) is 1.66. The third kappa shape index (κ3) is 3.66. The number of anilines is 2. The molecule has 0 aliphatic carbocycles. The molecular formula is C11H20N4O. The van der Waals surface area contributed by atoms with E-state index in [-0.39, 0.29) is 6.04 Å². The van der Waals surface area contributed by atoms with E-state index >= 15 is 0 Å². The minimum atomic E-state index is 0.281. The molecule has 0 saturated heterocycles. The van der Waals surface area contributed by atoms with Crippen molar-refractivity contribution in [2.45, 2.75) is 26.3 Å². The largest absolute Gasteiger partial charge is 0.383 e. The van der Waals surface area contributed by atoms with Crippen LogP contribution in [0.4, 0.5) is 11.6 Å². The van der Waals surface area contributed by atoms with Crippen LogP contribution >= 0.6 is 0 Å². The van der Waals surface area contributed by atoms with Crippen molar-refractivity contribution in [2.24, 2.45) is 0 Å². The molecule has 0 aliphatic heterocycles. The van der Waals surface area contributed by atoms with Crippen LogP contribution in [0.2, 0.25) is 0 Å². The highest BCUT2D eigenvalue weighted by Crippen LogP contribution is 2.12. The van der Waals surface area contributed by atoms with Gasteiger partial charge in [-0.3, -0.25) is 0 Å². The monoisotopic (exact) mass is 224 g/mol. The Morgan fingerprint density at radius 2 is 2.06 bits per heavy atom. The molecule has 1 aromatic heterocycles. The summed E-state index contributed by atoms with van der Waals surface area (Å²) < 4.78 is 5.13. The van der Waals surface area contributed by atoms with E-state index in [2.05, 4.69) is 27.5 Å². The fourth-order valence-electron chi connectivity index (χ4n) is 1.44. The van der Waals surface area contributed by atoms with E-state index in [1.165, 1.54) is 0 Å². The van der Waals surface area contributed by atoms with E-state index in [4.69, 9.17) is 4.74 Å². The van der Waals surface area contributed by atoms with Crippen LogP contribution in [0.1, 0.15) is 19.2 Å². The number of ether oxygens (including phenoxy) is 1. The summed E-state index contributed by atoms with van der Waals surface area (Å²) in [5.74, 6) is 2.41. The molecule has 1 atom stereocenters. The molecule has 2 N–H and O–H groups in total. The van der Waals surface area contributed by atoms with Gasteiger partial charge in [0.15, 0.2) is 0 Å². The summed E-state index contributed by atoms with van der Waals surface area (Å²) in [5.41, 5.74) is 0. The summed E-state index contributed by atoms with van der Waals surface area (Å²) in [6.45, 7) is 4.67. The number of hydrogen-bond acceptors (Lipinski definition) is 5. The Labute approximate surface area is 96.6 Å². The highest BCUT2D eigenvalue weighted by Gasteiger charge is 2.07. The molecule has 16 heavy (non-hydrogen) atoms. The second-order valence-corrected chi connectivity index (χ2v) is 3.64. The molecule has 5 heteroatoms. The fourth-order valence-corrected chi connectivity index (χ4v) is 1.44. The highest BCUT2D eigenvalue weighted by molar-refractivity contribution is 5.47. The summed E-state index contributed by atoms with van der Waals surface area (Å²) in [7, 11) is 3.55. The van der Waals surface area contributed by atoms with E-state index in [0.29, 0.717) is 6.61 Å². The second kappa shape index (κ2) is 6.27. The SMILES string of the molecule is CCC(COC)Nc1cc(NC)nc(C)n1. The van der Waals surface area contributed by atoms with Gasteiger partial charge in [0.1, 0.15) is 17.5 Å². The molecule has 1 aromatic rings. The fraction of sp³-hybridized carbons (Fsp3) is 0.636. The number of nitrogens with one attached hydrogen (secondary N) is 2. The molecule has 0 aromatic carbocycles. The zero-order valence-corrected chi connectivity index (χ0v) is 10.4. The van der Waals surface area contributed by atoms with E-state index in [1.807, 2.05) is 20.0 Å². The molecule has 0 radical (unpaired) electrons. The quantitative estimate of drug-likeness (QED) is 0.769. The first-order chi connectivity index (χ1) is 7.69. The summed E-state index contributed by atoms with van der Waals surface area (Å²) in [5, 5.41) is 6.34. The minimum Gasteiger partial charge on any atom is -0.383 e. The Kier molecular flexibility index (Phi) is 4.98. The zero-order valence-electron chi connectivity index (χ0n) is 10.4. The zero-order chi connectivity index (χ0) is 12.0. The molecule has 0 amide bonds. The maximum absolute atomic E-state index is 5.13. The first-order valence-electron chi connectivity index (χ1n) is 5.48. The van der Waals surface area contributed by atoms with Gasteiger partial charge in [0.25, 0.3) is 0 Å². The Morgan fingerprint density at radius 3 is 2.62 bits per heavy atom. The molecule has 0 aliphatic rings. The maximum Gasteiger partial charge on any atom is 0.132 e. The molecule has 1 unspecified atom stereocenters. The van der Waals surface area contributed by atoms with Crippen LogP contribution in [-0.2, 0) is 4.74 Å². The van der Waals surface area contributed by atoms with Crippen molar-refractivity contribution in [3.05, 3.63) is 11.9 Å². The van der Waals surface area contributed by atoms with Gasteiger partial charge in [-0.15, -0.1) is 0 Å². The Bertz CT molecular complexity index is 330. The summed E-state index contributed by atoms with van der Waals surface area (Å²) >= 11 is 0. The highest BCUT2D eigenvalue weighted by atomic mass is 16.5.